The Morgan fingerprint density at radius 1 is 0.619 bits per heavy atom. The maximum Gasteiger partial charge on any atom is 0.284 e. The highest BCUT2D eigenvalue weighted by Gasteiger charge is 2.30. The molecule has 0 amide bonds. The van der Waals surface area contributed by atoms with Crippen LogP contribution in [-0.2, 0) is 28.6 Å². The number of hydrogen-bond acceptors (Lipinski definition) is 6. The van der Waals surface area contributed by atoms with Crippen molar-refractivity contribution in [1.29, 1.82) is 0 Å². The Morgan fingerprint density at radius 2 is 0.952 bits per heavy atom. The van der Waals surface area contributed by atoms with Gasteiger partial charge in [0.2, 0.25) is 5.08 Å². The minimum absolute atomic E-state index is 0.381. The molecular weight excluding hydrogens is 316 g/mol. The Hall–Kier alpha value is -0.180. The van der Waals surface area contributed by atoms with Crippen molar-refractivity contribution in [3.8, 4) is 0 Å². The van der Waals surface area contributed by atoms with Gasteiger partial charge in [-0.1, -0.05) is 38.5 Å². The molecule has 0 unspecified atom stereocenters. The van der Waals surface area contributed by atoms with Gasteiger partial charge >= 0.3 is 0 Å². The lowest BCUT2D eigenvalue weighted by Crippen LogP contribution is -2.29. The molecule has 0 aliphatic heterocycles. The van der Waals surface area contributed by atoms with E-state index < -0.39 is 25.3 Å². The van der Waals surface area contributed by atoms with Crippen molar-refractivity contribution >= 4 is 20.2 Å². The first-order valence-corrected chi connectivity index (χ1v) is 10.8. The van der Waals surface area contributed by atoms with Gasteiger partial charge < -0.3 is 0 Å². The molecule has 2 rings (SSSR count). The molecular formula is C13H24O6S2. The summed E-state index contributed by atoms with van der Waals surface area (Å²) in [6, 6.07) is 0. The van der Waals surface area contributed by atoms with E-state index in [4.69, 9.17) is 8.37 Å². The van der Waals surface area contributed by atoms with Gasteiger partial charge in [-0.25, -0.2) is 0 Å². The summed E-state index contributed by atoms with van der Waals surface area (Å²) < 4.78 is 57.5. The second kappa shape index (κ2) is 7.39. The molecule has 2 aliphatic rings. The maximum absolute atomic E-state index is 11.9. The van der Waals surface area contributed by atoms with E-state index in [0.717, 1.165) is 38.5 Å². The van der Waals surface area contributed by atoms with Gasteiger partial charge in [0.25, 0.3) is 20.2 Å². The zero-order valence-corrected chi connectivity index (χ0v) is 13.8. The summed E-state index contributed by atoms with van der Waals surface area (Å²) in [6.07, 6.45) is 7.75. The quantitative estimate of drug-likeness (QED) is 0.690. The average Bonchev–Trinajstić information content (AvgIpc) is 2.38. The zero-order chi connectivity index (χ0) is 15.3. The van der Waals surface area contributed by atoms with Crippen molar-refractivity contribution < 1.29 is 25.2 Å². The van der Waals surface area contributed by atoms with Crippen LogP contribution in [0.5, 0.6) is 0 Å². The van der Waals surface area contributed by atoms with Crippen LogP contribution in [0.4, 0.5) is 0 Å². The van der Waals surface area contributed by atoms with Crippen LogP contribution in [0.15, 0.2) is 0 Å². The Bertz CT molecular complexity index is 465. The van der Waals surface area contributed by atoms with Gasteiger partial charge in [0.05, 0.1) is 12.2 Å². The van der Waals surface area contributed by atoms with Crippen LogP contribution in [-0.4, -0.2) is 34.1 Å². The third-order valence-corrected chi connectivity index (χ3v) is 7.40. The molecule has 2 fully saturated rings. The molecule has 2 saturated carbocycles. The van der Waals surface area contributed by atoms with E-state index in [0.29, 0.717) is 25.7 Å². The van der Waals surface area contributed by atoms with Gasteiger partial charge in [-0.05, 0) is 25.7 Å². The van der Waals surface area contributed by atoms with Gasteiger partial charge in [0, 0.05) is 0 Å². The highest BCUT2D eigenvalue weighted by Crippen LogP contribution is 2.24. The first-order chi connectivity index (χ1) is 9.86. The van der Waals surface area contributed by atoms with E-state index in [1.165, 1.54) is 0 Å². The van der Waals surface area contributed by atoms with Crippen molar-refractivity contribution in [3.05, 3.63) is 0 Å². The highest BCUT2D eigenvalue weighted by molar-refractivity contribution is 8.03. The fraction of sp³-hybridized carbons (Fsp3) is 1.00. The van der Waals surface area contributed by atoms with Crippen LogP contribution in [0, 0.1) is 0 Å². The molecule has 0 heterocycles. The molecule has 0 aromatic heterocycles. The second-order valence-corrected chi connectivity index (χ2v) is 9.50. The topological polar surface area (TPSA) is 86.7 Å². The van der Waals surface area contributed by atoms with E-state index in [2.05, 4.69) is 0 Å². The largest absolute Gasteiger partial charge is 0.284 e. The van der Waals surface area contributed by atoms with Crippen LogP contribution in [0.2, 0.25) is 0 Å². The van der Waals surface area contributed by atoms with Crippen LogP contribution in [0.3, 0.4) is 0 Å². The van der Waals surface area contributed by atoms with E-state index >= 15 is 0 Å². The molecule has 124 valence electrons. The molecule has 0 N–H and O–H groups in total. The van der Waals surface area contributed by atoms with Gasteiger partial charge in [-0.15, -0.1) is 0 Å². The third-order valence-electron chi connectivity index (χ3n) is 3.96. The fourth-order valence-electron chi connectivity index (χ4n) is 2.97. The molecule has 0 aromatic carbocycles. The van der Waals surface area contributed by atoms with E-state index in [9.17, 15) is 16.8 Å². The Labute approximate surface area is 127 Å². The van der Waals surface area contributed by atoms with Crippen molar-refractivity contribution in [2.75, 3.05) is 5.08 Å². The molecule has 2 aliphatic carbocycles. The lowest BCUT2D eigenvalue weighted by atomic mass is 9.98. The predicted octanol–water partition coefficient (Wildman–Crippen LogP) is 2.30. The molecule has 6 nitrogen and oxygen atoms in total. The van der Waals surface area contributed by atoms with E-state index in [-0.39, 0.29) is 12.2 Å². The first-order valence-electron chi connectivity index (χ1n) is 7.68. The second-order valence-electron chi connectivity index (χ2n) is 5.95. The molecule has 0 saturated heterocycles. The SMILES string of the molecule is O=S(=O)(CS(=O)(=O)OC1CCCCC1)OC1CCCCC1. The smallest absolute Gasteiger partial charge is 0.266 e. The summed E-state index contributed by atoms with van der Waals surface area (Å²) in [5.74, 6) is 0. The summed E-state index contributed by atoms with van der Waals surface area (Å²) in [7, 11) is -8.21. The molecule has 0 radical (unpaired) electrons. The van der Waals surface area contributed by atoms with Crippen molar-refractivity contribution in [3.63, 3.8) is 0 Å². The van der Waals surface area contributed by atoms with Gasteiger partial charge in [0.15, 0.2) is 0 Å². The molecule has 21 heavy (non-hydrogen) atoms. The fourth-order valence-corrected chi connectivity index (χ4v) is 6.04. The standard InChI is InChI=1S/C13H24O6S2/c14-20(15,18-12-7-3-1-4-8-12)11-21(16,17)19-13-9-5-2-6-10-13/h12-13H,1-11H2. The van der Waals surface area contributed by atoms with Gasteiger partial charge in [0.1, 0.15) is 0 Å². The summed E-state index contributed by atoms with van der Waals surface area (Å²) in [4.78, 5) is 0. The monoisotopic (exact) mass is 340 g/mol. The Morgan fingerprint density at radius 3 is 1.29 bits per heavy atom. The van der Waals surface area contributed by atoms with Crippen molar-refractivity contribution in [1.82, 2.24) is 0 Å². The Kier molecular flexibility index (Phi) is 6.05. The van der Waals surface area contributed by atoms with Gasteiger partial charge in [-0.2, -0.15) is 16.8 Å². The van der Waals surface area contributed by atoms with Crippen LogP contribution >= 0.6 is 0 Å². The Balaban J connectivity index is 1.87. The summed E-state index contributed by atoms with van der Waals surface area (Å²) >= 11 is 0. The van der Waals surface area contributed by atoms with Crippen LogP contribution < -0.4 is 0 Å². The molecule has 0 bridgehead atoms. The van der Waals surface area contributed by atoms with Crippen molar-refractivity contribution in [2.45, 2.75) is 76.4 Å². The number of hydrogen-bond donors (Lipinski definition) is 0. The van der Waals surface area contributed by atoms with Gasteiger partial charge in [-0.3, -0.25) is 8.37 Å². The van der Waals surface area contributed by atoms with E-state index in [1.54, 1.807) is 0 Å². The number of rotatable bonds is 6. The van der Waals surface area contributed by atoms with Crippen LogP contribution in [0.1, 0.15) is 64.2 Å². The molecule has 0 atom stereocenters. The van der Waals surface area contributed by atoms with Crippen molar-refractivity contribution in [2.24, 2.45) is 0 Å². The first kappa shape index (κ1) is 17.2. The molecule has 0 spiro atoms. The minimum atomic E-state index is -4.10. The lowest BCUT2D eigenvalue weighted by molar-refractivity contribution is 0.158. The summed E-state index contributed by atoms with van der Waals surface area (Å²) in [6.45, 7) is 0. The summed E-state index contributed by atoms with van der Waals surface area (Å²) in [5, 5.41) is -1.08. The van der Waals surface area contributed by atoms with E-state index in [1.807, 2.05) is 0 Å². The predicted molar refractivity (Wildman–Crippen MR) is 78.6 cm³/mol. The zero-order valence-electron chi connectivity index (χ0n) is 12.2. The molecule has 0 aromatic rings. The highest BCUT2D eigenvalue weighted by atomic mass is 32.3. The lowest BCUT2D eigenvalue weighted by Gasteiger charge is -2.23. The summed E-state index contributed by atoms with van der Waals surface area (Å²) in [5.41, 5.74) is 0. The minimum Gasteiger partial charge on any atom is -0.266 e. The normalized spacial score (nSPS) is 23.2. The maximum atomic E-state index is 11.9. The molecule has 8 heteroatoms. The van der Waals surface area contributed by atoms with Crippen LogP contribution in [0.25, 0.3) is 0 Å². The third kappa shape index (κ3) is 6.22. The average molecular weight is 340 g/mol.